The van der Waals surface area contributed by atoms with E-state index >= 15 is 0 Å². The van der Waals surface area contributed by atoms with Crippen molar-refractivity contribution < 1.29 is 17.3 Å². The van der Waals surface area contributed by atoms with Crippen LogP contribution in [-0.2, 0) is 14.3 Å². The average Bonchev–Trinajstić information content (AvgIpc) is 2.46. The lowest BCUT2D eigenvalue weighted by molar-refractivity contribution is 0.222. The summed E-state index contributed by atoms with van der Waals surface area (Å²) in [5.74, 6) is 0.508. The molecule has 2 N–H and O–H groups in total. The van der Waals surface area contributed by atoms with Crippen LogP contribution >= 0.6 is 0 Å². The van der Waals surface area contributed by atoms with Gasteiger partial charge < -0.3 is 10.5 Å². The van der Waals surface area contributed by atoms with Crippen molar-refractivity contribution in [1.82, 2.24) is 0 Å². The molecule has 0 saturated heterocycles. The van der Waals surface area contributed by atoms with Crippen molar-refractivity contribution in [2.75, 3.05) is 18.9 Å². The summed E-state index contributed by atoms with van der Waals surface area (Å²) < 4.78 is 34.1. The number of nitrogen functional groups attached to an aromatic ring is 1. The monoisotopic (exact) mass is 307 g/mol. The highest BCUT2D eigenvalue weighted by molar-refractivity contribution is 7.86. The molecular weight excluding hydrogens is 290 g/mol. The molecule has 0 unspecified atom stereocenters. The molecule has 0 aromatic heterocycles. The van der Waals surface area contributed by atoms with Crippen LogP contribution in [0.1, 0.15) is 5.56 Å². The molecule has 112 valence electrons. The quantitative estimate of drug-likeness (QED) is 0.503. The highest BCUT2D eigenvalue weighted by atomic mass is 32.2. The van der Waals surface area contributed by atoms with Gasteiger partial charge in [0.15, 0.2) is 0 Å². The van der Waals surface area contributed by atoms with Crippen LogP contribution in [0, 0.1) is 6.92 Å². The normalized spacial score (nSPS) is 11.3. The average molecular weight is 307 g/mol. The fourth-order valence-electron chi connectivity index (χ4n) is 1.68. The molecule has 2 rings (SSSR count). The minimum atomic E-state index is -3.75. The number of benzene rings is 2. The minimum Gasteiger partial charge on any atom is -0.489 e. The maximum Gasteiger partial charge on any atom is 0.297 e. The van der Waals surface area contributed by atoms with E-state index in [0.717, 1.165) is 5.56 Å². The summed E-state index contributed by atoms with van der Waals surface area (Å²) in [6.45, 7) is 1.90. The number of para-hydroxylation sites is 2. The van der Waals surface area contributed by atoms with E-state index in [2.05, 4.69) is 0 Å². The summed E-state index contributed by atoms with van der Waals surface area (Å²) >= 11 is 0. The van der Waals surface area contributed by atoms with Gasteiger partial charge in [-0.25, -0.2) is 0 Å². The lowest BCUT2D eigenvalue weighted by Crippen LogP contribution is -2.13. The summed E-state index contributed by atoms with van der Waals surface area (Å²) in [4.78, 5) is 0.132. The first kappa shape index (κ1) is 15.3. The summed E-state index contributed by atoms with van der Waals surface area (Å²) in [6, 6.07) is 13.5. The molecule has 0 radical (unpaired) electrons. The maximum absolute atomic E-state index is 11.9. The molecule has 0 amide bonds. The molecular formula is C15H17NO4S. The number of aryl methyl sites for hydroxylation is 1. The van der Waals surface area contributed by atoms with Crippen molar-refractivity contribution in [2.45, 2.75) is 11.8 Å². The van der Waals surface area contributed by atoms with Crippen LogP contribution in [0.15, 0.2) is 53.4 Å². The molecule has 0 aliphatic carbocycles. The van der Waals surface area contributed by atoms with Gasteiger partial charge in [0.25, 0.3) is 10.1 Å². The van der Waals surface area contributed by atoms with Gasteiger partial charge in [-0.2, -0.15) is 8.42 Å². The van der Waals surface area contributed by atoms with E-state index in [1.807, 2.05) is 6.92 Å². The molecule has 0 aliphatic heterocycles. The van der Waals surface area contributed by atoms with Crippen LogP contribution in [0.3, 0.4) is 0 Å². The molecule has 0 atom stereocenters. The van der Waals surface area contributed by atoms with E-state index in [0.29, 0.717) is 11.4 Å². The van der Waals surface area contributed by atoms with E-state index in [4.69, 9.17) is 14.7 Å². The predicted molar refractivity (Wildman–Crippen MR) is 80.7 cm³/mol. The van der Waals surface area contributed by atoms with Crippen molar-refractivity contribution in [3.63, 3.8) is 0 Å². The second kappa shape index (κ2) is 6.60. The Morgan fingerprint density at radius 1 is 1.00 bits per heavy atom. The highest BCUT2D eigenvalue weighted by Gasteiger charge is 2.14. The van der Waals surface area contributed by atoms with E-state index in [1.54, 1.807) is 36.4 Å². The molecule has 21 heavy (non-hydrogen) atoms. The second-order valence-electron chi connectivity index (χ2n) is 4.48. The Labute approximate surface area is 124 Å². The zero-order valence-electron chi connectivity index (χ0n) is 11.7. The van der Waals surface area contributed by atoms with E-state index in [9.17, 15) is 8.42 Å². The molecule has 2 aromatic rings. The fraction of sp³-hybridized carbons (Fsp3) is 0.200. The first-order chi connectivity index (χ1) is 9.99. The van der Waals surface area contributed by atoms with Gasteiger partial charge in [-0.1, -0.05) is 29.8 Å². The standard InChI is InChI=1S/C15H17NO4S/c1-12-6-8-13(9-7-12)21(17,18)20-11-10-19-15-5-3-2-4-14(15)16/h2-9H,10-11,16H2,1H3. The first-order valence-corrected chi connectivity index (χ1v) is 7.83. The topological polar surface area (TPSA) is 78.6 Å². The third-order valence-corrected chi connectivity index (χ3v) is 4.13. The maximum atomic E-state index is 11.9. The molecule has 5 nitrogen and oxygen atoms in total. The predicted octanol–water partition coefficient (Wildman–Crippen LogP) is 2.36. The zero-order valence-corrected chi connectivity index (χ0v) is 12.5. The van der Waals surface area contributed by atoms with Crippen molar-refractivity contribution in [1.29, 1.82) is 0 Å². The third-order valence-electron chi connectivity index (χ3n) is 2.81. The van der Waals surface area contributed by atoms with Gasteiger partial charge in [0, 0.05) is 0 Å². The SMILES string of the molecule is Cc1ccc(S(=O)(=O)OCCOc2ccccc2N)cc1. The van der Waals surface area contributed by atoms with E-state index in [1.165, 1.54) is 12.1 Å². The Bertz CT molecular complexity index is 696. The lowest BCUT2D eigenvalue weighted by Gasteiger charge is -2.09. The Hall–Kier alpha value is -2.05. The minimum absolute atomic E-state index is 0.0788. The van der Waals surface area contributed by atoms with Crippen LogP contribution in [0.25, 0.3) is 0 Å². The largest absolute Gasteiger partial charge is 0.489 e. The molecule has 0 aliphatic rings. The molecule has 6 heteroatoms. The number of ether oxygens (including phenoxy) is 1. The second-order valence-corrected chi connectivity index (χ2v) is 6.09. The van der Waals surface area contributed by atoms with Crippen molar-refractivity contribution in [3.05, 3.63) is 54.1 Å². The summed E-state index contributed by atoms with van der Waals surface area (Å²) in [5.41, 5.74) is 7.19. The number of hydrogen-bond acceptors (Lipinski definition) is 5. The van der Waals surface area contributed by atoms with Crippen LogP contribution in [-0.4, -0.2) is 21.6 Å². The third kappa shape index (κ3) is 4.21. The van der Waals surface area contributed by atoms with Gasteiger partial charge in [-0.05, 0) is 31.2 Å². The van der Waals surface area contributed by atoms with Gasteiger partial charge in [0.05, 0.1) is 10.6 Å². The smallest absolute Gasteiger partial charge is 0.297 e. The molecule has 0 heterocycles. The van der Waals surface area contributed by atoms with Gasteiger partial charge in [0.2, 0.25) is 0 Å². The molecule has 0 bridgehead atoms. The Morgan fingerprint density at radius 3 is 2.33 bits per heavy atom. The highest BCUT2D eigenvalue weighted by Crippen LogP contribution is 2.19. The molecule has 0 saturated carbocycles. The Morgan fingerprint density at radius 2 is 1.67 bits per heavy atom. The van der Waals surface area contributed by atoms with Crippen molar-refractivity contribution in [2.24, 2.45) is 0 Å². The zero-order chi connectivity index (χ0) is 15.3. The summed E-state index contributed by atoms with van der Waals surface area (Å²) in [6.07, 6.45) is 0. The lowest BCUT2D eigenvalue weighted by atomic mass is 10.2. The number of rotatable bonds is 6. The van der Waals surface area contributed by atoms with Crippen LogP contribution in [0.2, 0.25) is 0 Å². The van der Waals surface area contributed by atoms with Crippen LogP contribution in [0.5, 0.6) is 5.75 Å². The van der Waals surface area contributed by atoms with Gasteiger partial charge in [0.1, 0.15) is 19.0 Å². The number of nitrogens with two attached hydrogens (primary N) is 1. The van der Waals surface area contributed by atoms with Crippen molar-refractivity contribution in [3.8, 4) is 5.75 Å². The number of anilines is 1. The fourth-order valence-corrected chi connectivity index (χ4v) is 2.57. The van der Waals surface area contributed by atoms with Crippen LogP contribution < -0.4 is 10.5 Å². The van der Waals surface area contributed by atoms with E-state index in [-0.39, 0.29) is 18.1 Å². The molecule has 2 aromatic carbocycles. The van der Waals surface area contributed by atoms with Crippen molar-refractivity contribution >= 4 is 15.8 Å². The van der Waals surface area contributed by atoms with E-state index < -0.39 is 10.1 Å². The summed E-state index contributed by atoms with van der Waals surface area (Å²) in [7, 11) is -3.75. The number of hydrogen-bond donors (Lipinski definition) is 1. The van der Waals surface area contributed by atoms with Crippen LogP contribution in [0.4, 0.5) is 5.69 Å². The first-order valence-electron chi connectivity index (χ1n) is 6.42. The molecule has 0 spiro atoms. The Balaban J connectivity index is 1.88. The van der Waals surface area contributed by atoms with Gasteiger partial charge in [-0.15, -0.1) is 0 Å². The Kier molecular flexibility index (Phi) is 4.82. The van der Waals surface area contributed by atoms with Gasteiger partial charge >= 0.3 is 0 Å². The van der Waals surface area contributed by atoms with Gasteiger partial charge in [-0.3, -0.25) is 4.18 Å². The molecule has 0 fully saturated rings. The summed E-state index contributed by atoms with van der Waals surface area (Å²) in [5, 5.41) is 0.